The predicted octanol–water partition coefficient (Wildman–Crippen LogP) is 5.29. The molecule has 0 bridgehead atoms. The smallest absolute Gasteiger partial charge is 0.147 e. The van der Waals surface area contributed by atoms with Crippen LogP contribution in [-0.2, 0) is 23.8 Å². The molecule has 0 radical (unpaired) electrons. The van der Waals surface area contributed by atoms with Crippen molar-refractivity contribution < 1.29 is 17.4 Å². The molecular weight excluding hydrogens is 442 g/mol. The molecule has 25 heavy (non-hydrogen) atoms. The maximum Gasteiger partial charge on any atom is -0.147 e. The van der Waals surface area contributed by atoms with Crippen LogP contribution >= 0.6 is 24.8 Å². The van der Waals surface area contributed by atoms with Gasteiger partial charge in [0.2, 0.25) is 0 Å². The Kier molecular flexibility index (Phi) is 5.82. The van der Waals surface area contributed by atoms with Gasteiger partial charge in [-0.3, -0.25) is 0 Å². The van der Waals surface area contributed by atoms with Crippen molar-refractivity contribution in [2.75, 3.05) is 0 Å². The van der Waals surface area contributed by atoms with Crippen LogP contribution < -0.4 is 3.27 Å². The minimum atomic E-state index is -3.09. The molecule has 4 heteroatoms. The summed E-state index contributed by atoms with van der Waals surface area (Å²) in [4.78, 5) is 0. The molecule has 0 aromatic heterocycles. The summed E-state index contributed by atoms with van der Waals surface area (Å²) in [5.41, 5.74) is 7.58. The third-order valence-corrected chi connectivity index (χ3v) is 22.3. The van der Waals surface area contributed by atoms with E-state index in [0.717, 1.165) is 6.42 Å². The van der Waals surface area contributed by atoms with Crippen LogP contribution in [0.15, 0.2) is 63.5 Å². The first-order valence-corrected chi connectivity index (χ1v) is 21.8. The molecule has 2 aliphatic carbocycles. The number of fused-ring (bicyclic) bond motifs is 3. The Morgan fingerprint density at radius 2 is 1.60 bits per heavy atom. The van der Waals surface area contributed by atoms with Gasteiger partial charge in [0, 0.05) is 0 Å². The molecule has 0 saturated heterocycles. The second kappa shape index (κ2) is 6.97. The summed E-state index contributed by atoms with van der Waals surface area (Å²) in [5, 5.41) is 0. The second-order valence-electron chi connectivity index (χ2n) is 8.12. The normalized spacial score (nSPS) is 15.4. The van der Waals surface area contributed by atoms with E-state index >= 15 is 0 Å². The van der Waals surface area contributed by atoms with Gasteiger partial charge in [0.05, 0.1) is 0 Å². The number of halogens is 2. The minimum Gasteiger partial charge on any atom is -0.147 e. The zero-order valence-corrected chi connectivity index (χ0v) is 20.6. The van der Waals surface area contributed by atoms with Crippen molar-refractivity contribution in [2.24, 2.45) is 0 Å². The fourth-order valence-electron chi connectivity index (χ4n) is 4.65. The van der Waals surface area contributed by atoms with E-state index in [4.69, 9.17) is 0 Å². The number of hydrogen-bond acceptors (Lipinski definition) is 0. The Balaban J connectivity index is 0.00000113. The van der Waals surface area contributed by atoms with Crippen molar-refractivity contribution in [1.82, 2.24) is 0 Å². The number of rotatable bonds is 2. The first-order valence-electron chi connectivity index (χ1n) is 8.52. The summed E-state index contributed by atoms with van der Waals surface area (Å²) >= 11 is -3.09. The van der Waals surface area contributed by atoms with Crippen LogP contribution in [-0.4, -0.2) is 6.88 Å². The zero-order chi connectivity index (χ0) is 16.3. The SMILES string of the molecule is CC1=[C]([Zr]([CH3])([CH3])(=[SiH2])[c]2cccc3c2Cc2ccccc2-3)CC=C1.Cl.Cl. The fourth-order valence-corrected chi connectivity index (χ4v) is 19.6. The maximum atomic E-state index is 2.63. The molecule has 0 unspecified atom stereocenters. The van der Waals surface area contributed by atoms with Crippen LogP contribution in [0.1, 0.15) is 24.5 Å². The largest absolute Gasteiger partial charge is 0.147 e. The van der Waals surface area contributed by atoms with E-state index in [1.807, 2.05) is 0 Å². The average Bonchev–Trinajstić information content (AvgIpc) is 3.10. The first-order chi connectivity index (χ1) is 10.9. The first kappa shape index (κ1) is 20.9. The zero-order valence-electron chi connectivity index (χ0n) is 15.1. The average molecular weight is 469 g/mol. The van der Waals surface area contributed by atoms with Gasteiger partial charge in [-0.25, -0.2) is 0 Å². The van der Waals surface area contributed by atoms with E-state index in [1.54, 1.807) is 12.1 Å². The molecule has 2 aliphatic rings. The molecular formula is C21H26Cl2SiZr. The topological polar surface area (TPSA) is 0 Å². The summed E-state index contributed by atoms with van der Waals surface area (Å²) in [7, 11) is 0. The van der Waals surface area contributed by atoms with E-state index in [1.165, 1.54) is 28.7 Å². The van der Waals surface area contributed by atoms with E-state index in [2.05, 4.69) is 77.7 Å². The number of allylic oxidation sites excluding steroid dienone is 4. The van der Waals surface area contributed by atoms with Crippen LogP contribution in [0.5, 0.6) is 0 Å². The quantitative estimate of drug-likeness (QED) is 0.448. The number of hydrogen-bond donors (Lipinski definition) is 0. The summed E-state index contributed by atoms with van der Waals surface area (Å²) in [5.74, 6) is 0. The van der Waals surface area contributed by atoms with Crippen LogP contribution in [0.2, 0.25) is 9.26 Å². The minimum absolute atomic E-state index is 0. The second-order valence-corrected chi connectivity index (χ2v) is 36.7. The van der Waals surface area contributed by atoms with Crippen LogP contribution in [0.3, 0.4) is 0 Å². The van der Waals surface area contributed by atoms with Crippen molar-refractivity contribution in [2.45, 2.75) is 29.0 Å². The van der Waals surface area contributed by atoms with Gasteiger partial charge in [0.15, 0.2) is 0 Å². The molecule has 4 rings (SSSR count). The third-order valence-electron chi connectivity index (χ3n) is 5.85. The molecule has 0 fully saturated rings. The van der Waals surface area contributed by atoms with Gasteiger partial charge < -0.3 is 0 Å². The Morgan fingerprint density at radius 1 is 0.920 bits per heavy atom. The fraction of sp³-hybridized carbons (Fsp3) is 0.238. The molecule has 0 spiro atoms. The summed E-state index contributed by atoms with van der Waals surface area (Å²) < 4.78 is 8.74. The van der Waals surface area contributed by atoms with Crippen molar-refractivity contribution in [1.29, 1.82) is 0 Å². The van der Waals surface area contributed by atoms with Gasteiger partial charge >= 0.3 is 142 Å². The van der Waals surface area contributed by atoms with E-state index in [0.29, 0.717) is 0 Å². The Hall–Kier alpha value is -0.400. The van der Waals surface area contributed by atoms with Crippen LogP contribution in [0, 0.1) is 0 Å². The summed E-state index contributed by atoms with van der Waals surface area (Å²) in [6, 6.07) is 16.0. The summed E-state index contributed by atoms with van der Waals surface area (Å²) in [6.07, 6.45) is 6.98. The van der Waals surface area contributed by atoms with Crippen LogP contribution in [0.25, 0.3) is 11.1 Å². The molecule has 0 saturated carbocycles. The van der Waals surface area contributed by atoms with E-state index in [9.17, 15) is 0 Å². The van der Waals surface area contributed by atoms with Crippen molar-refractivity contribution in [3.05, 3.63) is 74.6 Å². The van der Waals surface area contributed by atoms with Crippen molar-refractivity contribution in [3.63, 3.8) is 0 Å². The van der Waals surface area contributed by atoms with Gasteiger partial charge in [-0.15, -0.1) is 24.8 Å². The standard InChI is InChI=1S/C13H9.C6H7.2CH3.2ClH.H2Si.Zr/c1-3-7-12-10(5-1)9-11-6-2-4-8-13(11)12;1-6-4-2-3-5-6;;;;;;/h1-5,7-8H,9H2;2,4H,3H2,1H3;2*1H3;2*1H;1H2;. The van der Waals surface area contributed by atoms with E-state index < -0.39 is 17.4 Å². The van der Waals surface area contributed by atoms with Crippen LogP contribution in [0.4, 0.5) is 0 Å². The maximum absolute atomic E-state index is 3.09. The van der Waals surface area contributed by atoms with Gasteiger partial charge in [-0.1, -0.05) is 0 Å². The van der Waals surface area contributed by atoms with Gasteiger partial charge in [-0.05, 0) is 0 Å². The number of benzene rings is 2. The van der Waals surface area contributed by atoms with Gasteiger partial charge in [0.1, 0.15) is 0 Å². The van der Waals surface area contributed by atoms with E-state index in [-0.39, 0.29) is 24.8 Å². The molecule has 132 valence electrons. The molecule has 0 amide bonds. The Labute approximate surface area is 166 Å². The Bertz CT molecular complexity index is 964. The third kappa shape index (κ3) is 3.21. The summed E-state index contributed by atoms with van der Waals surface area (Å²) in [6.45, 7) is 4.67. The molecule has 0 N–H and O–H groups in total. The van der Waals surface area contributed by atoms with Crippen molar-refractivity contribution in [3.8, 4) is 11.1 Å². The molecule has 2 aromatic rings. The van der Waals surface area contributed by atoms with Gasteiger partial charge in [0.25, 0.3) is 0 Å². The molecule has 0 nitrogen and oxygen atoms in total. The Morgan fingerprint density at radius 3 is 2.28 bits per heavy atom. The molecule has 0 heterocycles. The molecule has 2 aromatic carbocycles. The van der Waals surface area contributed by atoms with Crippen molar-refractivity contribution >= 4 is 35.0 Å². The predicted molar refractivity (Wildman–Crippen MR) is 116 cm³/mol. The molecule has 0 atom stereocenters. The molecule has 0 aliphatic heterocycles. The monoisotopic (exact) mass is 466 g/mol. The van der Waals surface area contributed by atoms with Gasteiger partial charge in [-0.2, -0.15) is 0 Å².